The van der Waals surface area contributed by atoms with E-state index in [1.807, 2.05) is 83.8 Å². The van der Waals surface area contributed by atoms with Crippen molar-refractivity contribution in [2.75, 3.05) is 27.9 Å². The average Bonchev–Trinajstić information content (AvgIpc) is 3.30. The topological polar surface area (TPSA) is 184 Å². The fourth-order valence-electron chi connectivity index (χ4n) is 10.6. The van der Waals surface area contributed by atoms with E-state index in [9.17, 15) is 34.2 Å². The van der Waals surface area contributed by atoms with E-state index in [1.54, 1.807) is 28.1 Å². The third kappa shape index (κ3) is 16.2. The van der Waals surface area contributed by atoms with Crippen molar-refractivity contribution in [2.45, 2.75) is 200 Å². The molecule has 0 radical (unpaired) electrons. The van der Waals surface area contributed by atoms with Crippen molar-refractivity contribution < 1.29 is 62.3 Å². The van der Waals surface area contributed by atoms with Crippen LogP contribution in [0.25, 0.3) is 0 Å². The van der Waals surface area contributed by atoms with Crippen LogP contribution < -0.4 is 0 Å². The second kappa shape index (κ2) is 26.5. The second-order valence-corrected chi connectivity index (χ2v) is 26.3. The van der Waals surface area contributed by atoms with Gasteiger partial charge in [0.2, 0.25) is 5.79 Å². The van der Waals surface area contributed by atoms with Crippen molar-refractivity contribution in [1.82, 2.24) is 4.90 Å². The van der Waals surface area contributed by atoms with E-state index < -0.39 is 86.3 Å². The maximum absolute atomic E-state index is 14.5. The molecule has 0 spiro atoms. The Hall–Kier alpha value is -3.15. The molecule has 3 aliphatic heterocycles. The molecule has 0 aromatic carbocycles. The largest absolute Gasteiger partial charge is 0.460 e. The first-order valence-electron chi connectivity index (χ1n) is 25.6. The highest BCUT2D eigenvalue weighted by Gasteiger charge is 2.53. The van der Waals surface area contributed by atoms with E-state index in [0.29, 0.717) is 63.4 Å². The second-order valence-electron chi connectivity index (χ2n) is 21.8. The first-order chi connectivity index (χ1) is 32.4. The Kier molecular flexibility index (Phi) is 22.4. The number of carbonyl (C=O) groups excluding carboxylic acids is 5. The van der Waals surface area contributed by atoms with Crippen molar-refractivity contribution in [3.8, 4) is 0 Å². The SMILES string of the molecule is CO[C@H]1C[C@@H]2CC[C@@H](C)[C@@](O)(O2)C(=O)C(=O)N2CCCC[C@H]2C(=O)O[C@H]([C@H](C)C[C@H]2CC[C@@H](O)[C@H](OC)C2)CC(=O)[C@H](C)/C=C(\C)[C@@H](O[Si](C)(C)C)[C@@H](OC)C(=O)[C@H](C)C[C@H](C)\C=C/C=C/C=C/1C. The number of rotatable bonds is 8. The van der Waals surface area contributed by atoms with Crippen molar-refractivity contribution in [3.05, 3.63) is 47.6 Å². The smallest absolute Gasteiger partial charge is 0.329 e. The van der Waals surface area contributed by atoms with Gasteiger partial charge in [0.1, 0.15) is 24.0 Å². The first kappa shape index (κ1) is 58.4. The van der Waals surface area contributed by atoms with Gasteiger partial charge in [-0.2, -0.15) is 0 Å². The molecule has 4 rings (SSSR count). The summed E-state index contributed by atoms with van der Waals surface area (Å²) < 4.78 is 36.7. The summed E-state index contributed by atoms with van der Waals surface area (Å²) in [6.45, 7) is 19.4. The van der Waals surface area contributed by atoms with Gasteiger partial charge in [-0.25, -0.2) is 4.79 Å². The summed E-state index contributed by atoms with van der Waals surface area (Å²) in [6, 6.07) is -1.13. The van der Waals surface area contributed by atoms with Gasteiger partial charge >= 0.3 is 5.97 Å². The number of carbonyl (C=O) groups is 5. The molecule has 0 unspecified atom stereocenters. The number of amides is 1. The number of Topliss-reactive ketones (excluding diaryl/α,β-unsaturated/α-hetero) is 3. The van der Waals surface area contributed by atoms with Gasteiger partial charge in [-0.3, -0.25) is 19.2 Å². The Morgan fingerprint density at radius 1 is 0.841 bits per heavy atom. The zero-order valence-corrected chi connectivity index (χ0v) is 45.1. The number of ketones is 3. The monoisotopic (exact) mass is 986 g/mol. The molecular formula is C54H87NO13Si. The highest BCUT2D eigenvalue weighted by atomic mass is 28.4. The van der Waals surface area contributed by atoms with Crippen molar-refractivity contribution in [1.29, 1.82) is 0 Å². The van der Waals surface area contributed by atoms with Crippen molar-refractivity contribution >= 4 is 37.5 Å². The molecule has 69 heavy (non-hydrogen) atoms. The number of aliphatic hydroxyl groups excluding tert-OH is 1. The number of aliphatic hydroxyl groups is 2. The van der Waals surface area contributed by atoms with Gasteiger partial charge in [-0.1, -0.05) is 71.1 Å². The zero-order chi connectivity index (χ0) is 51.4. The number of cyclic esters (lactones) is 1. The molecule has 15 heteroatoms. The number of nitrogens with zero attached hydrogens (tertiary/aromatic N) is 1. The van der Waals surface area contributed by atoms with E-state index in [-0.39, 0.29) is 60.7 Å². The predicted molar refractivity (Wildman–Crippen MR) is 267 cm³/mol. The number of hydrogen-bond donors (Lipinski definition) is 2. The number of allylic oxidation sites excluding steroid dienone is 6. The molecule has 15 atom stereocenters. The quantitative estimate of drug-likeness (QED) is 0.103. The molecule has 0 aromatic heterocycles. The van der Waals surface area contributed by atoms with E-state index >= 15 is 0 Å². The lowest BCUT2D eigenvalue weighted by atomic mass is 9.78. The van der Waals surface area contributed by atoms with Crippen LogP contribution in [0.1, 0.15) is 126 Å². The molecule has 2 N–H and O–H groups in total. The maximum Gasteiger partial charge on any atom is 0.329 e. The average molecular weight is 986 g/mol. The number of piperidine rings is 1. The lowest BCUT2D eigenvalue weighted by Gasteiger charge is -2.42. The molecule has 1 amide bonds. The fourth-order valence-corrected chi connectivity index (χ4v) is 11.7. The minimum absolute atomic E-state index is 0.0556. The molecule has 1 aliphatic carbocycles. The van der Waals surface area contributed by atoms with Gasteiger partial charge in [-0.05, 0) is 127 Å². The third-order valence-corrected chi connectivity index (χ3v) is 15.9. The first-order valence-corrected chi connectivity index (χ1v) is 29.0. The molecule has 1 saturated carbocycles. The number of methoxy groups -OCH3 is 3. The molecule has 2 bridgehead atoms. The van der Waals surface area contributed by atoms with E-state index in [4.69, 9.17) is 28.1 Å². The molecule has 0 aromatic rings. The molecule has 2 saturated heterocycles. The van der Waals surface area contributed by atoms with E-state index in [2.05, 4.69) is 6.92 Å². The van der Waals surface area contributed by atoms with Crippen LogP contribution in [0.15, 0.2) is 47.6 Å². The summed E-state index contributed by atoms with van der Waals surface area (Å²) in [5.41, 5.74) is 1.58. The fraction of sp³-hybridized carbons (Fsp3) is 0.759. The van der Waals surface area contributed by atoms with Crippen LogP contribution in [-0.4, -0.2) is 135 Å². The Bertz CT molecular complexity index is 1870. The Morgan fingerprint density at radius 2 is 1.55 bits per heavy atom. The Labute approximate surface area is 414 Å². The Morgan fingerprint density at radius 3 is 2.20 bits per heavy atom. The van der Waals surface area contributed by atoms with Gasteiger partial charge in [0, 0.05) is 58.5 Å². The molecule has 3 fully saturated rings. The summed E-state index contributed by atoms with van der Waals surface area (Å²) in [5.74, 6) is -7.43. The van der Waals surface area contributed by atoms with Crippen LogP contribution in [0.4, 0.5) is 0 Å². The number of fused-ring (bicyclic) bond motifs is 3. The van der Waals surface area contributed by atoms with E-state index in [0.717, 1.165) is 12.0 Å². The Balaban J connectivity index is 1.76. The maximum atomic E-state index is 14.5. The standard InChI is InChI=1S/C54H87NO13Si/c1-33-19-15-14-16-20-34(2)45(63-8)31-41-24-22-39(7)54(62,67-41)51(59)52(60)55-26-18-17-21-42(55)53(61)66-46(36(4)29-40-23-25-43(56)47(30-40)64-9)32-44(57)35(3)28-38(6)49(68-69(11,12)13)50(65-10)48(58)37(5)27-33/h14-16,19-20,28,33,35-37,39-43,45-47,49-50,56,62H,17-18,21-27,29-32H2,1-13H3/b16-14+,19-15-,34-20+,38-28+/t33-,35-,36-,37-,39-,40-,41+,42+,43-,45+,46+,47-,49-,50+,54-/m1/s1. The van der Waals surface area contributed by atoms with E-state index in [1.165, 1.54) is 12.0 Å². The number of hydrogen-bond acceptors (Lipinski definition) is 13. The summed E-state index contributed by atoms with van der Waals surface area (Å²) in [4.78, 5) is 73.1. The lowest BCUT2D eigenvalue weighted by molar-refractivity contribution is -0.265. The van der Waals surface area contributed by atoms with Gasteiger partial charge in [-0.15, -0.1) is 0 Å². The van der Waals surface area contributed by atoms with Gasteiger partial charge < -0.3 is 43.2 Å². The zero-order valence-electron chi connectivity index (χ0n) is 44.1. The number of ether oxygens (including phenoxy) is 5. The predicted octanol–water partition coefficient (Wildman–Crippen LogP) is 8.04. The highest BCUT2D eigenvalue weighted by molar-refractivity contribution is 6.69. The van der Waals surface area contributed by atoms with Crippen LogP contribution >= 0.6 is 0 Å². The highest BCUT2D eigenvalue weighted by Crippen LogP contribution is 2.38. The summed E-state index contributed by atoms with van der Waals surface area (Å²) in [6.07, 6.45) is 12.7. The number of esters is 1. The van der Waals surface area contributed by atoms with Gasteiger partial charge in [0.15, 0.2) is 14.1 Å². The van der Waals surface area contributed by atoms with Crippen LogP contribution in [0, 0.1) is 35.5 Å². The van der Waals surface area contributed by atoms with Crippen molar-refractivity contribution in [3.63, 3.8) is 0 Å². The molecule has 14 nitrogen and oxygen atoms in total. The minimum Gasteiger partial charge on any atom is -0.460 e. The normalized spacial score (nSPS) is 39.0. The minimum atomic E-state index is -2.42. The van der Waals surface area contributed by atoms with Crippen LogP contribution in [0.5, 0.6) is 0 Å². The van der Waals surface area contributed by atoms with Crippen molar-refractivity contribution in [2.24, 2.45) is 35.5 Å². The molecular weight excluding hydrogens is 899 g/mol. The van der Waals surface area contributed by atoms with Crippen LogP contribution in [-0.2, 0) is 52.1 Å². The van der Waals surface area contributed by atoms with Gasteiger partial charge in [0.25, 0.3) is 11.7 Å². The van der Waals surface area contributed by atoms with Gasteiger partial charge in [0.05, 0.1) is 30.5 Å². The molecule has 3 heterocycles. The molecule has 4 aliphatic rings. The molecule has 390 valence electrons. The summed E-state index contributed by atoms with van der Waals surface area (Å²) in [7, 11) is 2.40. The van der Waals surface area contributed by atoms with Crippen LogP contribution in [0.3, 0.4) is 0 Å². The summed E-state index contributed by atoms with van der Waals surface area (Å²) >= 11 is 0. The summed E-state index contributed by atoms with van der Waals surface area (Å²) in [5, 5.41) is 22.5. The third-order valence-electron chi connectivity index (χ3n) is 14.9. The van der Waals surface area contributed by atoms with Crippen LogP contribution in [0.2, 0.25) is 19.6 Å². The lowest BCUT2D eigenvalue weighted by Crippen LogP contribution is -2.61.